The molecule has 134 heavy (non-hydrogen) atoms. The second-order valence-electron chi connectivity index (χ2n) is 32.7. The molecule has 0 fully saturated rings. The van der Waals surface area contributed by atoms with Gasteiger partial charge >= 0.3 is 17.9 Å². The molecule has 16 atom stereocenters. The molecule has 0 aromatic heterocycles. The van der Waals surface area contributed by atoms with Crippen LogP contribution in [-0.4, -0.2) is 305 Å². The minimum atomic E-state index is -2.23. The lowest BCUT2D eigenvalue weighted by molar-refractivity contribution is -0.142. The molecule has 0 aliphatic carbocycles. The van der Waals surface area contributed by atoms with E-state index in [2.05, 4.69) is 79.8 Å². The molecule has 0 saturated heterocycles. The van der Waals surface area contributed by atoms with Gasteiger partial charge < -0.3 is 136 Å². The van der Waals surface area contributed by atoms with Gasteiger partial charge in [-0.2, -0.15) is 0 Å². The second-order valence-corrected chi connectivity index (χ2v) is 33.7. The first-order valence-electron chi connectivity index (χ1n) is 43.4. The van der Waals surface area contributed by atoms with E-state index in [1.165, 1.54) is 67.6 Å². The third-order valence-corrected chi connectivity index (χ3v) is 22.1. The zero-order chi connectivity index (χ0) is 99.6. The van der Waals surface area contributed by atoms with Gasteiger partial charge in [0.1, 0.15) is 84.0 Å². The number of amides is 16. The van der Waals surface area contributed by atoms with Crippen LogP contribution in [0.4, 0.5) is 0 Å². The molecule has 0 bridgehead atoms. The van der Waals surface area contributed by atoms with Gasteiger partial charge in [0.05, 0.1) is 56.3 Å². The summed E-state index contributed by atoms with van der Waals surface area (Å²) in [6.07, 6.45) is -6.38. The topological polar surface area (TPSA) is 716 Å². The number of aliphatic hydroxyl groups is 4. The number of nitrogens with zero attached hydrogens (tertiary/aromatic N) is 1. The molecular weight excluding hydrogens is 1780 g/mol. The Morgan fingerprint density at radius 3 is 1.33 bits per heavy atom. The van der Waals surface area contributed by atoms with Crippen LogP contribution in [0.5, 0.6) is 11.5 Å². The van der Waals surface area contributed by atoms with Crippen LogP contribution < -0.4 is 85.5 Å². The molecular formula is C88H123N17O28S. The van der Waals surface area contributed by atoms with E-state index in [0.29, 0.717) is 49.0 Å². The maximum absolute atomic E-state index is 14.7. The van der Waals surface area contributed by atoms with Gasteiger partial charge in [0.15, 0.2) is 0 Å². The number of aromatic hydroxyl groups is 2. The highest BCUT2D eigenvalue weighted by Gasteiger charge is 2.41. The number of phenols is 2. The number of thioether (sulfide) groups is 1. The number of rotatable bonds is 59. The molecule has 0 spiro atoms. The molecule has 734 valence electrons. The first kappa shape index (κ1) is 111. The highest BCUT2D eigenvalue weighted by Crippen LogP contribution is 2.23. The summed E-state index contributed by atoms with van der Waals surface area (Å²) >= 11 is 0.852. The smallest absolute Gasteiger partial charge is 0.305 e. The van der Waals surface area contributed by atoms with Gasteiger partial charge in [0, 0.05) is 56.9 Å². The third kappa shape index (κ3) is 38.4. The molecule has 46 heteroatoms. The van der Waals surface area contributed by atoms with Gasteiger partial charge in [-0.3, -0.25) is 91.1 Å². The van der Waals surface area contributed by atoms with Crippen molar-refractivity contribution < 1.29 is 137 Å². The predicted octanol–water partition coefficient (Wildman–Crippen LogP) is -5.15. The minimum Gasteiger partial charge on any atom is -0.508 e. The molecule has 4 aromatic carbocycles. The first-order chi connectivity index (χ1) is 63.4. The Labute approximate surface area is 776 Å². The highest BCUT2D eigenvalue weighted by molar-refractivity contribution is 8.00. The van der Waals surface area contributed by atoms with E-state index in [1.54, 1.807) is 69.0 Å². The number of nitrogens with one attached hydrogen (secondary N) is 15. The lowest BCUT2D eigenvalue weighted by Gasteiger charge is -2.30. The van der Waals surface area contributed by atoms with E-state index in [-0.39, 0.29) is 72.7 Å². The number of nitrogens with two attached hydrogens (primary N) is 1. The third-order valence-electron chi connectivity index (χ3n) is 21.1. The Kier molecular flexibility index (Phi) is 46.8. The molecule has 26 N–H and O–H groups in total. The van der Waals surface area contributed by atoms with Gasteiger partial charge in [0.25, 0.3) is 5.91 Å². The largest absolute Gasteiger partial charge is 0.508 e. The van der Waals surface area contributed by atoms with Crippen molar-refractivity contribution in [1.29, 1.82) is 0 Å². The van der Waals surface area contributed by atoms with Crippen LogP contribution >= 0.6 is 11.8 Å². The Morgan fingerprint density at radius 1 is 0.418 bits per heavy atom. The Bertz CT molecular complexity index is 4710. The predicted molar refractivity (Wildman–Crippen MR) is 480 cm³/mol. The van der Waals surface area contributed by atoms with E-state index < -0.39 is 261 Å². The number of unbranched alkanes of at least 4 members (excludes halogenated alkanes) is 1. The highest BCUT2D eigenvalue weighted by atomic mass is 32.2. The zero-order valence-corrected chi connectivity index (χ0v) is 76.0. The van der Waals surface area contributed by atoms with Gasteiger partial charge in [-0.1, -0.05) is 113 Å². The molecule has 0 saturated carbocycles. The summed E-state index contributed by atoms with van der Waals surface area (Å²) < 4.78 is 0. The average Bonchev–Trinajstić information content (AvgIpc) is 1.62. The molecule has 1 heterocycles. The van der Waals surface area contributed by atoms with Gasteiger partial charge in [-0.25, -0.2) is 0 Å². The average molecular weight is 1900 g/mol. The van der Waals surface area contributed by atoms with Crippen molar-refractivity contribution in [3.63, 3.8) is 0 Å². The van der Waals surface area contributed by atoms with Crippen LogP contribution in [0.3, 0.4) is 0 Å². The van der Waals surface area contributed by atoms with Crippen molar-refractivity contribution in [1.82, 2.24) is 84.7 Å². The van der Waals surface area contributed by atoms with E-state index in [4.69, 9.17) is 5.73 Å². The van der Waals surface area contributed by atoms with E-state index in [9.17, 15) is 137 Å². The number of carboxylic acids is 3. The fourth-order valence-corrected chi connectivity index (χ4v) is 14.3. The summed E-state index contributed by atoms with van der Waals surface area (Å²) in [5.74, 6) is -23.6. The number of carbonyl (C=O) groups is 19. The van der Waals surface area contributed by atoms with E-state index >= 15 is 0 Å². The van der Waals surface area contributed by atoms with Gasteiger partial charge in [-0.05, 0) is 117 Å². The van der Waals surface area contributed by atoms with Gasteiger partial charge in [0.2, 0.25) is 88.6 Å². The van der Waals surface area contributed by atoms with Crippen molar-refractivity contribution in [2.75, 3.05) is 50.9 Å². The monoisotopic (exact) mass is 1900 g/mol. The Morgan fingerprint density at radius 2 is 0.836 bits per heavy atom. The summed E-state index contributed by atoms with van der Waals surface area (Å²) in [5, 5.41) is 128. The molecule has 16 amide bonds. The Hall–Kier alpha value is -13.4. The van der Waals surface area contributed by atoms with E-state index in [0.717, 1.165) is 31.2 Å². The number of carboxylic acid groups (broad SMARTS) is 3. The van der Waals surface area contributed by atoms with E-state index in [1.807, 2.05) is 6.07 Å². The van der Waals surface area contributed by atoms with Gasteiger partial charge in [-0.15, -0.1) is 11.8 Å². The number of phenolic OH excluding ortho intramolecular Hbond substituents is 2. The Balaban J connectivity index is 1.28. The van der Waals surface area contributed by atoms with Crippen molar-refractivity contribution >= 4 is 124 Å². The van der Waals surface area contributed by atoms with Crippen LogP contribution in [0.2, 0.25) is 0 Å². The van der Waals surface area contributed by atoms with Crippen LogP contribution in [-0.2, 0) is 112 Å². The summed E-state index contributed by atoms with van der Waals surface area (Å²) in [7, 11) is 0. The summed E-state index contributed by atoms with van der Waals surface area (Å²) in [4.78, 5) is 260. The van der Waals surface area contributed by atoms with Crippen LogP contribution in [0.25, 0.3) is 0 Å². The lowest BCUT2D eigenvalue weighted by Crippen LogP contribution is -2.63. The summed E-state index contributed by atoms with van der Waals surface area (Å²) in [5.41, 5.74) is 7.91. The second kappa shape index (κ2) is 56.4. The maximum atomic E-state index is 14.7. The van der Waals surface area contributed by atoms with Crippen LogP contribution in [0.1, 0.15) is 139 Å². The molecule has 1 aliphatic rings. The fourth-order valence-electron chi connectivity index (χ4n) is 13.6. The number of carbonyl (C=O) groups excluding carboxylic acids is 16. The molecule has 45 nitrogen and oxygen atoms in total. The number of aliphatic hydroxyl groups excluding tert-OH is 4. The van der Waals surface area contributed by atoms with Crippen molar-refractivity contribution in [3.05, 3.63) is 131 Å². The van der Waals surface area contributed by atoms with Crippen LogP contribution in [0, 0.1) is 11.8 Å². The molecule has 5 rings (SSSR count). The molecule has 0 unspecified atom stereocenters. The molecule has 0 radical (unpaired) electrons. The maximum Gasteiger partial charge on any atom is 0.305 e. The normalized spacial score (nSPS) is 15.1. The number of benzene rings is 4. The number of hydrogen-bond acceptors (Lipinski definition) is 27. The van der Waals surface area contributed by atoms with Crippen molar-refractivity contribution in [2.45, 2.75) is 223 Å². The quantitative estimate of drug-likeness (QED) is 0.0184. The van der Waals surface area contributed by atoms with Crippen LogP contribution in [0.15, 0.2) is 103 Å². The minimum absolute atomic E-state index is 0.0794. The first-order valence-corrected chi connectivity index (χ1v) is 44.6. The lowest BCUT2D eigenvalue weighted by atomic mass is 9.96. The van der Waals surface area contributed by atoms with Crippen molar-refractivity contribution in [3.8, 4) is 11.5 Å². The SMILES string of the molecule is CC[C@H](C)[C@H](NC(=O)[C@H](CO)NC(=O)[C@H](Cc1ccc(O)cc1)NC(=O)[C@H](CC(=O)O)NC(=O)[C@H](CO)NC(=O)[C@@H](NC(=O)[C@H](Cc1ccccc1)NC(=O)[C@@H](NC(=O)CNC(=O)[C@H](CCC(=O)O)NC(=O)CSCC(=O)NCCN1Cc2ccccc2C1=O)[C@@H](C)O)[C@@H](C)O)C(=O)N[C@@H](Cc1ccc(O)cc1)C(=O)N[C@@H](CC(C)C)C(=O)N[C@@H](CC(=O)O)C(=O)N[C@H](C)CCCCN. The standard InChI is InChI=1S/C88H123N17O28S/c1-8-47(4)73(85(130)98-61(37-53-23-27-56(111)28-24-53)79(124)94-59(34-46(2)3)78(123)96-63(38-71(117)118)77(122)92-48(5)16-14-15-31-89)103-84(129)66(43-107)100-80(125)60(36-52-21-25-55(110)26-22-52)95-81(126)64(39-72(119)120)97-83(128)65(42-106)101-87(132)75(50(7)109)104-82(127)62(35-51-17-10-9-11-18-51)99-86(131)74(49(6)108)102-67(112)40-91-76(121)58(29-30-70(115)116)93-69(114)45-134-44-68(113)90-32-33-105-41-54-19-12-13-20-57(54)88(105)133/h9-13,17-28,46-50,58-66,73-75,106-111H,8,14-16,29-45,89H2,1-7H3,(H,90,113)(H,91,121)(H,92,122)(H,93,114)(H,94,124)(H,95,126)(H,96,123)(H,97,128)(H,98,130)(H,99,131)(H,100,125)(H,101,132)(H,102,112)(H,103,129)(H,104,127)(H,115,116)(H,117,118)(H,119,120)/t47-,48+,49+,50+,58-,59-,60-,61-,62-,63-,64-,65-,66-,73-,74-,75-/m0/s1. The van der Waals surface area contributed by atoms with Crippen molar-refractivity contribution in [2.24, 2.45) is 17.6 Å². The number of fused-ring (bicyclic) bond motifs is 1. The molecule has 4 aromatic rings. The number of aliphatic carboxylic acids is 3. The summed E-state index contributed by atoms with van der Waals surface area (Å²) in [6.45, 7) is 7.89. The molecule has 1 aliphatic heterocycles. The number of hydrogen-bond donors (Lipinski definition) is 25. The zero-order valence-electron chi connectivity index (χ0n) is 75.2. The summed E-state index contributed by atoms with van der Waals surface area (Å²) in [6, 6.07) is 2.80. The fraction of sp³-hybridized carbons (Fsp3) is 0.511.